The van der Waals surface area contributed by atoms with E-state index in [-0.39, 0.29) is 0 Å². The van der Waals surface area contributed by atoms with E-state index in [4.69, 9.17) is 9.84 Å². The zero-order valence-electron chi connectivity index (χ0n) is 10.9. The van der Waals surface area contributed by atoms with Crippen molar-refractivity contribution >= 4 is 5.97 Å². The Kier molecular flexibility index (Phi) is 8.26. The molecule has 1 N–H and O–H groups in total. The molecule has 0 amide bonds. The van der Waals surface area contributed by atoms with Gasteiger partial charge in [-0.1, -0.05) is 45.4 Å². The molecule has 0 heterocycles. The lowest BCUT2D eigenvalue weighted by molar-refractivity contribution is -0.161. The van der Waals surface area contributed by atoms with Crippen LogP contribution in [0.1, 0.15) is 65.7 Å². The van der Waals surface area contributed by atoms with E-state index in [1.54, 1.807) is 13.8 Å². The van der Waals surface area contributed by atoms with Gasteiger partial charge in [-0.25, -0.2) is 4.79 Å². The summed E-state index contributed by atoms with van der Waals surface area (Å²) in [6.45, 7) is 5.95. The molecule has 0 fully saturated rings. The number of carbonyl (C=O) groups is 1. The molecular formula is C13H26O3. The van der Waals surface area contributed by atoms with E-state index in [9.17, 15) is 4.79 Å². The molecule has 3 heteroatoms. The van der Waals surface area contributed by atoms with Gasteiger partial charge in [0.1, 0.15) is 0 Å². The molecule has 16 heavy (non-hydrogen) atoms. The van der Waals surface area contributed by atoms with Crippen molar-refractivity contribution in [3.05, 3.63) is 0 Å². The van der Waals surface area contributed by atoms with Gasteiger partial charge in [-0.05, 0) is 20.3 Å². The summed E-state index contributed by atoms with van der Waals surface area (Å²) in [6.07, 6.45) is 8.53. The van der Waals surface area contributed by atoms with Gasteiger partial charge in [0.05, 0.1) is 0 Å². The molecule has 0 aromatic rings. The summed E-state index contributed by atoms with van der Waals surface area (Å²) in [6, 6.07) is 0. The predicted octanol–water partition coefficient (Wildman–Crippen LogP) is 3.62. The maximum Gasteiger partial charge on any atom is 0.335 e. The van der Waals surface area contributed by atoms with E-state index >= 15 is 0 Å². The fourth-order valence-corrected chi connectivity index (χ4v) is 1.45. The Labute approximate surface area is 99.2 Å². The summed E-state index contributed by atoms with van der Waals surface area (Å²) in [5.41, 5.74) is -1.04. The number of hydrogen-bond donors (Lipinski definition) is 1. The Morgan fingerprint density at radius 1 is 1.06 bits per heavy atom. The van der Waals surface area contributed by atoms with Crippen LogP contribution in [-0.2, 0) is 9.53 Å². The summed E-state index contributed by atoms with van der Waals surface area (Å²) in [5.74, 6) is -0.893. The Hall–Kier alpha value is -0.570. The molecule has 0 aromatic carbocycles. The van der Waals surface area contributed by atoms with Crippen LogP contribution in [0, 0.1) is 0 Å². The second-order valence-electron chi connectivity index (χ2n) is 4.79. The largest absolute Gasteiger partial charge is 0.479 e. The van der Waals surface area contributed by atoms with E-state index in [2.05, 4.69) is 6.92 Å². The van der Waals surface area contributed by atoms with Gasteiger partial charge in [0.25, 0.3) is 0 Å². The fourth-order valence-electron chi connectivity index (χ4n) is 1.45. The van der Waals surface area contributed by atoms with Crippen molar-refractivity contribution in [2.45, 2.75) is 71.3 Å². The Morgan fingerprint density at radius 2 is 1.56 bits per heavy atom. The number of hydrogen-bond acceptors (Lipinski definition) is 2. The molecule has 0 aliphatic heterocycles. The van der Waals surface area contributed by atoms with E-state index in [1.807, 2.05) is 0 Å². The van der Waals surface area contributed by atoms with Gasteiger partial charge < -0.3 is 9.84 Å². The van der Waals surface area contributed by atoms with Gasteiger partial charge in [-0.3, -0.25) is 0 Å². The third kappa shape index (κ3) is 7.69. The van der Waals surface area contributed by atoms with Gasteiger partial charge in [0.15, 0.2) is 5.60 Å². The highest BCUT2D eigenvalue weighted by molar-refractivity contribution is 5.76. The standard InChI is InChI=1S/C13H26O3/c1-4-5-6-7-8-9-10-11-16-13(2,3)12(14)15/h4-11H2,1-3H3,(H,14,15). The molecule has 0 aliphatic rings. The minimum absolute atomic E-state index is 0.549. The first kappa shape index (κ1) is 15.4. The normalized spacial score (nSPS) is 11.7. The molecule has 0 atom stereocenters. The van der Waals surface area contributed by atoms with Crippen LogP contribution < -0.4 is 0 Å². The number of carboxylic acids is 1. The predicted molar refractivity (Wildman–Crippen MR) is 65.7 cm³/mol. The zero-order valence-corrected chi connectivity index (χ0v) is 10.9. The number of unbranched alkanes of at least 4 members (excludes halogenated alkanes) is 6. The highest BCUT2D eigenvalue weighted by Crippen LogP contribution is 2.12. The molecule has 0 spiro atoms. The second-order valence-corrected chi connectivity index (χ2v) is 4.79. The maximum absolute atomic E-state index is 10.7. The van der Waals surface area contributed by atoms with E-state index in [0.717, 1.165) is 12.8 Å². The van der Waals surface area contributed by atoms with Gasteiger partial charge in [-0.15, -0.1) is 0 Å². The van der Waals surface area contributed by atoms with E-state index < -0.39 is 11.6 Å². The number of aliphatic carboxylic acids is 1. The molecule has 3 nitrogen and oxygen atoms in total. The number of carboxylic acid groups (broad SMARTS) is 1. The average molecular weight is 230 g/mol. The smallest absolute Gasteiger partial charge is 0.335 e. The minimum atomic E-state index is -1.04. The molecule has 0 aliphatic carbocycles. The number of ether oxygens (including phenoxy) is 1. The van der Waals surface area contributed by atoms with Crippen molar-refractivity contribution in [1.82, 2.24) is 0 Å². The molecule has 0 bridgehead atoms. The van der Waals surface area contributed by atoms with Crippen molar-refractivity contribution < 1.29 is 14.6 Å². The lowest BCUT2D eigenvalue weighted by Crippen LogP contribution is -2.35. The van der Waals surface area contributed by atoms with Crippen LogP contribution in [0.5, 0.6) is 0 Å². The Bertz CT molecular complexity index is 188. The van der Waals surface area contributed by atoms with Crippen LogP contribution in [-0.4, -0.2) is 23.3 Å². The first-order valence-electron chi connectivity index (χ1n) is 6.38. The van der Waals surface area contributed by atoms with Crippen molar-refractivity contribution in [3.63, 3.8) is 0 Å². The molecular weight excluding hydrogens is 204 g/mol. The molecule has 0 rings (SSSR count). The van der Waals surface area contributed by atoms with Crippen LogP contribution in [0.3, 0.4) is 0 Å². The maximum atomic E-state index is 10.7. The van der Waals surface area contributed by atoms with Gasteiger partial charge >= 0.3 is 5.97 Å². The van der Waals surface area contributed by atoms with Crippen molar-refractivity contribution in [1.29, 1.82) is 0 Å². The summed E-state index contributed by atoms with van der Waals surface area (Å²) in [4.78, 5) is 10.7. The molecule has 0 saturated carbocycles. The van der Waals surface area contributed by atoms with Gasteiger partial charge in [0, 0.05) is 6.61 Å². The lowest BCUT2D eigenvalue weighted by atomic mass is 10.1. The van der Waals surface area contributed by atoms with Crippen LogP contribution in [0.4, 0.5) is 0 Å². The van der Waals surface area contributed by atoms with Crippen LogP contribution in [0.2, 0.25) is 0 Å². The lowest BCUT2D eigenvalue weighted by Gasteiger charge is -2.19. The topological polar surface area (TPSA) is 46.5 Å². The zero-order chi connectivity index (χ0) is 12.4. The van der Waals surface area contributed by atoms with Crippen LogP contribution in [0.25, 0.3) is 0 Å². The minimum Gasteiger partial charge on any atom is -0.479 e. The third-order valence-electron chi connectivity index (χ3n) is 2.73. The summed E-state index contributed by atoms with van der Waals surface area (Å²) < 4.78 is 5.32. The molecule has 0 saturated heterocycles. The van der Waals surface area contributed by atoms with Gasteiger partial charge in [0.2, 0.25) is 0 Å². The molecule has 0 unspecified atom stereocenters. The van der Waals surface area contributed by atoms with Crippen LogP contribution >= 0.6 is 0 Å². The Balaban J connectivity index is 3.30. The first-order valence-corrected chi connectivity index (χ1v) is 6.38. The second kappa shape index (κ2) is 8.57. The third-order valence-corrected chi connectivity index (χ3v) is 2.73. The first-order chi connectivity index (χ1) is 7.50. The number of rotatable bonds is 10. The quantitative estimate of drug-likeness (QED) is 0.583. The van der Waals surface area contributed by atoms with E-state index in [0.29, 0.717) is 6.61 Å². The molecule has 0 aromatic heterocycles. The average Bonchev–Trinajstić information content (AvgIpc) is 2.21. The SMILES string of the molecule is CCCCCCCCCOC(C)(C)C(=O)O. The molecule has 96 valence electrons. The summed E-state index contributed by atoms with van der Waals surface area (Å²) in [7, 11) is 0. The highest BCUT2D eigenvalue weighted by atomic mass is 16.5. The van der Waals surface area contributed by atoms with Crippen molar-refractivity contribution in [2.24, 2.45) is 0 Å². The monoisotopic (exact) mass is 230 g/mol. The van der Waals surface area contributed by atoms with Crippen LogP contribution in [0.15, 0.2) is 0 Å². The Morgan fingerprint density at radius 3 is 2.06 bits per heavy atom. The van der Waals surface area contributed by atoms with Crippen molar-refractivity contribution in [3.8, 4) is 0 Å². The van der Waals surface area contributed by atoms with E-state index in [1.165, 1.54) is 32.1 Å². The fraction of sp³-hybridized carbons (Fsp3) is 0.923. The summed E-state index contributed by atoms with van der Waals surface area (Å²) in [5, 5.41) is 8.82. The van der Waals surface area contributed by atoms with Gasteiger partial charge in [-0.2, -0.15) is 0 Å². The summed E-state index contributed by atoms with van der Waals surface area (Å²) >= 11 is 0. The molecule has 0 radical (unpaired) electrons. The highest BCUT2D eigenvalue weighted by Gasteiger charge is 2.27. The van der Waals surface area contributed by atoms with Crippen molar-refractivity contribution in [2.75, 3.05) is 6.61 Å².